The minimum Gasteiger partial charge on any atom is -0.489 e. The second-order valence-electron chi connectivity index (χ2n) is 7.21. The highest BCUT2D eigenvalue weighted by Gasteiger charge is 2.17. The average Bonchev–Trinajstić information content (AvgIpc) is 3.15. The van der Waals surface area contributed by atoms with Crippen LogP contribution in [-0.4, -0.2) is 4.98 Å². The van der Waals surface area contributed by atoms with E-state index in [1.54, 1.807) is 6.07 Å². The van der Waals surface area contributed by atoms with Gasteiger partial charge in [-0.3, -0.25) is 0 Å². The maximum atomic E-state index is 15.5. The molecule has 0 aliphatic rings. The van der Waals surface area contributed by atoms with E-state index in [4.69, 9.17) is 4.74 Å². The lowest BCUT2D eigenvalue weighted by Crippen LogP contribution is -1.94. The summed E-state index contributed by atoms with van der Waals surface area (Å²) in [5.41, 5.74) is 5.19. The molecule has 146 valence electrons. The molecule has 0 unspecified atom stereocenters. The van der Waals surface area contributed by atoms with Gasteiger partial charge in [0.2, 0.25) is 0 Å². The Kier molecular flexibility index (Phi) is 4.78. The number of nitrogens with one attached hydrogen (secondary N) is 1. The number of benzene rings is 4. The average molecular weight is 393 g/mol. The molecule has 5 rings (SSSR count). The lowest BCUT2D eigenvalue weighted by molar-refractivity contribution is 0.306. The van der Waals surface area contributed by atoms with E-state index in [1.165, 1.54) is 0 Å². The summed E-state index contributed by atoms with van der Waals surface area (Å²) in [7, 11) is 0. The zero-order chi connectivity index (χ0) is 20.3. The Hall–Kier alpha value is -3.85. The van der Waals surface area contributed by atoms with Crippen molar-refractivity contribution >= 4 is 10.9 Å². The molecule has 4 aromatic carbocycles. The van der Waals surface area contributed by atoms with Crippen LogP contribution in [0.15, 0.2) is 103 Å². The van der Waals surface area contributed by atoms with Gasteiger partial charge < -0.3 is 9.72 Å². The Labute approximate surface area is 174 Å². The lowest BCUT2D eigenvalue weighted by Gasteiger charge is -2.08. The zero-order valence-electron chi connectivity index (χ0n) is 16.3. The SMILES string of the molecule is Fc1c(-c2ccccc2-c2ccccc2)[nH]c2ccc(OCc3ccccc3)cc12. The Morgan fingerprint density at radius 3 is 2.13 bits per heavy atom. The summed E-state index contributed by atoms with van der Waals surface area (Å²) in [5.74, 6) is 0.380. The third-order valence-corrected chi connectivity index (χ3v) is 5.24. The van der Waals surface area contributed by atoms with Gasteiger partial charge in [-0.2, -0.15) is 0 Å². The van der Waals surface area contributed by atoms with E-state index >= 15 is 4.39 Å². The van der Waals surface area contributed by atoms with Gasteiger partial charge in [-0.1, -0.05) is 84.9 Å². The van der Waals surface area contributed by atoms with E-state index in [-0.39, 0.29) is 5.82 Å². The number of aromatic amines is 1. The fourth-order valence-electron chi connectivity index (χ4n) is 3.72. The molecule has 0 saturated carbocycles. The predicted molar refractivity (Wildman–Crippen MR) is 120 cm³/mol. The summed E-state index contributed by atoms with van der Waals surface area (Å²) in [5, 5.41) is 0.526. The predicted octanol–water partition coefficient (Wildman–Crippen LogP) is 7.22. The molecule has 3 heteroatoms. The van der Waals surface area contributed by atoms with E-state index in [0.29, 0.717) is 23.4 Å². The van der Waals surface area contributed by atoms with Crippen LogP contribution in [0, 0.1) is 5.82 Å². The Balaban J connectivity index is 1.52. The van der Waals surface area contributed by atoms with Crippen LogP contribution in [-0.2, 0) is 6.61 Å². The van der Waals surface area contributed by atoms with Crippen molar-refractivity contribution in [3.05, 3.63) is 115 Å². The van der Waals surface area contributed by atoms with Gasteiger partial charge in [0.05, 0.1) is 5.69 Å². The molecule has 5 aromatic rings. The van der Waals surface area contributed by atoms with Crippen LogP contribution in [0.3, 0.4) is 0 Å². The molecule has 1 aromatic heterocycles. The molecule has 0 spiro atoms. The third-order valence-electron chi connectivity index (χ3n) is 5.24. The standard InChI is InChI=1S/C27H20FNO/c28-26-24-17-21(30-18-19-9-3-1-4-10-19)15-16-25(24)29-27(26)23-14-8-7-13-22(23)20-11-5-2-6-12-20/h1-17,29H,18H2. The first-order chi connectivity index (χ1) is 14.8. The quantitative estimate of drug-likeness (QED) is 0.335. The van der Waals surface area contributed by atoms with Crippen molar-refractivity contribution < 1.29 is 9.13 Å². The summed E-state index contributed by atoms with van der Waals surface area (Å²) in [4.78, 5) is 3.26. The molecule has 0 saturated heterocycles. The minimum absolute atomic E-state index is 0.265. The maximum absolute atomic E-state index is 15.5. The van der Waals surface area contributed by atoms with Crippen LogP contribution in [0.2, 0.25) is 0 Å². The van der Waals surface area contributed by atoms with Crippen LogP contribution < -0.4 is 4.74 Å². The van der Waals surface area contributed by atoms with Crippen LogP contribution in [0.5, 0.6) is 5.75 Å². The molecule has 0 aliphatic heterocycles. The van der Waals surface area contributed by atoms with Crippen molar-refractivity contribution in [2.45, 2.75) is 6.61 Å². The Morgan fingerprint density at radius 1 is 0.700 bits per heavy atom. The molecule has 0 bridgehead atoms. The summed E-state index contributed by atoms with van der Waals surface area (Å²) in [6.45, 7) is 0.447. The van der Waals surface area contributed by atoms with Gasteiger partial charge in [0, 0.05) is 16.5 Å². The summed E-state index contributed by atoms with van der Waals surface area (Å²) < 4.78 is 21.3. The normalized spacial score (nSPS) is 11.0. The van der Waals surface area contributed by atoms with Crippen molar-refractivity contribution in [2.75, 3.05) is 0 Å². The summed E-state index contributed by atoms with van der Waals surface area (Å²) >= 11 is 0. The number of hydrogen-bond acceptors (Lipinski definition) is 1. The van der Waals surface area contributed by atoms with Gasteiger partial charge in [0.15, 0.2) is 5.82 Å². The van der Waals surface area contributed by atoms with Gasteiger partial charge in [-0.15, -0.1) is 0 Å². The second kappa shape index (κ2) is 7.88. The van der Waals surface area contributed by atoms with Gasteiger partial charge in [0.25, 0.3) is 0 Å². The van der Waals surface area contributed by atoms with Crippen molar-refractivity contribution in [3.63, 3.8) is 0 Å². The second-order valence-corrected chi connectivity index (χ2v) is 7.21. The fourth-order valence-corrected chi connectivity index (χ4v) is 3.72. The van der Waals surface area contributed by atoms with Crippen molar-refractivity contribution in [1.29, 1.82) is 0 Å². The highest BCUT2D eigenvalue weighted by Crippen LogP contribution is 2.36. The first-order valence-corrected chi connectivity index (χ1v) is 9.92. The Bertz CT molecular complexity index is 1290. The van der Waals surface area contributed by atoms with Crippen molar-refractivity contribution in [1.82, 2.24) is 4.98 Å². The van der Waals surface area contributed by atoms with Gasteiger partial charge in [-0.25, -0.2) is 4.39 Å². The first-order valence-electron chi connectivity index (χ1n) is 9.92. The number of hydrogen-bond donors (Lipinski definition) is 1. The summed E-state index contributed by atoms with van der Waals surface area (Å²) in [6, 6.07) is 33.3. The molecule has 30 heavy (non-hydrogen) atoms. The monoisotopic (exact) mass is 393 g/mol. The molecule has 0 atom stereocenters. The fraction of sp³-hybridized carbons (Fsp3) is 0.0370. The molecule has 0 radical (unpaired) electrons. The molecule has 1 N–H and O–H groups in total. The molecular formula is C27H20FNO. The maximum Gasteiger partial charge on any atom is 0.156 e. The van der Waals surface area contributed by atoms with E-state index < -0.39 is 0 Å². The molecule has 2 nitrogen and oxygen atoms in total. The minimum atomic E-state index is -0.265. The van der Waals surface area contributed by atoms with Crippen molar-refractivity contribution in [3.8, 4) is 28.1 Å². The number of halogens is 1. The molecule has 0 amide bonds. The van der Waals surface area contributed by atoms with Gasteiger partial charge >= 0.3 is 0 Å². The highest BCUT2D eigenvalue weighted by atomic mass is 19.1. The number of H-pyrrole nitrogens is 1. The van der Waals surface area contributed by atoms with E-state index in [0.717, 1.165) is 27.8 Å². The van der Waals surface area contributed by atoms with E-state index in [1.807, 2.05) is 97.1 Å². The topological polar surface area (TPSA) is 25.0 Å². The number of fused-ring (bicyclic) bond motifs is 1. The van der Waals surface area contributed by atoms with Crippen LogP contribution in [0.1, 0.15) is 5.56 Å². The Morgan fingerprint density at radius 2 is 1.37 bits per heavy atom. The largest absolute Gasteiger partial charge is 0.489 e. The molecular weight excluding hydrogens is 373 g/mol. The smallest absolute Gasteiger partial charge is 0.156 e. The van der Waals surface area contributed by atoms with Crippen LogP contribution in [0.4, 0.5) is 4.39 Å². The summed E-state index contributed by atoms with van der Waals surface area (Å²) in [6.07, 6.45) is 0. The van der Waals surface area contributed by atoms with Crippen LogP contribution in [0.25, 0.3) is 33.3 Å². The third kappa shape index (κ3) is 3.46. The number of ether oxygens (including phenoxy) is 1. The number of rotatable bonds is 5. The van der Waals surface area contributed by atoms with Crippen molar-refractivity contribution in [2.24, 2.45) is 0 Å². The molecule has 1 heterocycles. The molecule has 0 fully saturated rings. The zero-order valence-corrected chi connectivity index (χ0v) is 16.3. The van der Waals surface area contributed by atoms with E-state index in [2.05, 4.69) is 4.98 Å². The van der Waals surface area contributed by atoms with Crippen LogP contribution >= 0.6 is 0 Å². The number of aromatic nitrogens is 1. The molecule has 0 aliphatic carbocycles. The highest BCUT2D eigenvalue weighted by molar-refractivity contribution is 5.91. The van der Waals surface area contributed by atoms with Gasteiger partial charge in [0.1, 0.15) is 12.4 Å². The van der Waals surface area contributed by atoms with E-state index in [9.17, 15) is 0 Å². The lowest BCUT2D eigenvalue weighted by atomic mass is 9.97. The van der Waals surface area contributed by atoms with Gasteiger partial charge in [-0.05, 0) is 34.9 Å². The first kappa shape index (κ1) is 18.2.